The molecule has 1 atom stereocenters. The highest BCUT2D eigenvalue weighted by atomic mass is 35.5. The average molecular weight is 442 g/mol. The molecule has 1 aliphatic carbocycles. The third-order valence-electron chi connectivity index (χ3n) is 5.35. The number of carbonyl (C=O) groups excluding carboxylic acids is 1. The lowest BCUT2D eigenvalue weighted by atomic mass is 9.96. The molecule has 154 valence electrons. The monoisotopic (exact) mass is 441 g/mol. The first-order valence-electron chi connectivity index (χ1n) is 10.2. The van der Waals surface area contributed by atoms with Gasteiger partial charge in [-0.3, -0.25) is 14.7 Å². The quantitative estimate of drug-likeness (QED) is 0.526. The Morgan fingerprint density at radius 2 is 1.89 bits per heavy atom. The van der Waals surface area contributed by atoms with Crippen molar-refractivity contribution in [3.63, 3.8) is 0 Å². The number of thioether (sulfide) groups is 1. The molecule has 1 saturated carbocycles. The molecule has 0 radical (unpaired) electrons. The summed E-state index contributed by atoms with van der Waals surface area (Å²) in [5.41, 5.74) is 0.746. The van der Waals surface area contributed by atoms with E-state index in [1.807, 2.05) is 17.0 Å². The number of carbonyl (C=O) groups is 1. The van der Waals surface area contributed by atoms with Gasteiger partial charge in [0.1, 0.15) is 6.17 Å². The van der Waals surface area contributed by atoms with Crippen molar-refractivity contribution in [2.75, 3.05) is 17.2 Å². The van der Waals surface area contributed by atoms with Crippen molar-refractivity contribution < 1.29 is 4.79 Å². The number of unbranched alkanes of at least 4 members (excludes halogenated alkanes) is 1. The summed E-state index contributed by atoms with van der Waals surface area (Å²) < 4.78 is 0. The number of benzene rings is 1. The molecule has 2 fully saturated rings. The summed E-state index contributed by atoms with van der Waals surface area (Å²) in [6.07, 6.45) is 8.33. The third-order valence-corrected chi connectivity index (χ3v) is 6.85. The number of rotatable bonds is 6. The molecule has 3 rings (SSSR count). The Labute approximate surface area is 182 Å². The van der Waals surface area contributed by atoms with Crippen molar-refractivity contribution in [2.24, 2.45) is 4.99 Å². The normalized spacial score (nSPS) is 22.1. The molecule has 0 bridgehead atoms. The van der Waals surface area contributed by atoms with Crippen LogP contribution in [0.15, 0.2) is 23.2 Å². The topological polar surface area (TPSA) is 35.9 Å². The van der Waals surface area contributed by atoms with Crippen LogP contribution >= 0.6 is 35.0 Å². The average Bonchev–Trinajstić information content (AvgIpc) is 3.02. The number of halogens is 2. The van der Waals surface area contributed by atoms with Gasteiger partial charge in [0.15, 0.2) is 5.17 Å². The largest absolute Gasteiger partial charge is 0.330 e. The highest BCUT2D eigenvalue weighted by Gasteiger charge is 2.37. The van der Waals surface area contributed by atoms with E-state index < -0.39 is 0 Å². The SMILES string of the molecule is CCCCN1C(=NC2CCCCC2)SCC1N(C(C)=O)c1cc(Cl)cc(Cl)c1. The van der Waals surface area contributed by atoms with Crippen LogP contribution in [0.4, 0.5) is 5.69 Å². The summed E-state index contributed by atoms with van der Waals surface area (Å²) >= 11 is 14.2. The second-order valence-electron chi connectivity index (χ2n) is 7.56. The van der Waals surface area contributed by atoms with Crippen LogP contribution in [0.1, 0.15) is 58.8 Å². The molecule has 7 heteroatoms. The van der Waals surface area contributed by atoms with E-state index in [0.717, 1.165) is 36.0 Å². The zero-order chi connectivity index (χ0) is 20.1. The lowest BCUT2D eigenvalue weighted by Gasteiger charge is -2.35. The molecular formula is C21H29Cl2N3OS. The van der Waals surface area contributed by atoms with Gasteiger partial charge in [0, 0.05) is 35.0 Å². The van der Waals surface area contributed by atoms with Crippen LogP contribution in [0, 0.1) is 0 Å². The molecule has 2 aliphatic rings. The molecule has 0 spiro atoms. The molecule has 1 aromatic rings. The number of nitrogens with zero attached hydrogens (tertiary/aromatic N) is 3. The van der Waals surface area contributed by atoms with Crippen molar-refractivity contribution in [2.45, 2.75) is 71.0 Å². The van der Waals surface area contributed by atoms with Crippen LogP contribution in [0.25, 0.3) is 0 Å². The van der Waals surface area contributed by atoms with Crippen LogP contribution < -0.4 is 4.90 Å². The Hall–Kier alpha value is -0.910. The van der Waals surface area contributed by atoms with Gasteiger partial charge in [-0.2, -0.15) is 0 Å². The molecule has 4 nitrogen and oxygen atoms in total. The van der Waals surface area contributed by atoms with E-state index in [9.17, 15) is 4.79 Å². The fraction of sp³-hybridized carbons (Fsp3) is 0.619. The fourth-order valence-electron chi connectivity index (χ4n) is 3.96. The van der Waals surface area contributed by atoms with E-state index in [-0.39, 0.29) is 12.1 Å². The van der Waals surface area contributed by atoms with Gasteiger partial charge in [-0.25, -0.2) is 0 Å². The van der Waals surface area contributed by atoms with Crippen LogP contribution in [0.3, 0.4) is 0 Å². The summed E-state index contributed by atoms with van der Waals surface area (Å²) in [5.74, 6) is 0.795. The van der Waals surface area contributed by atoms with E-state index >= 15 is 0 Å². The first-order valence-corrected chi connectivity index (χ1v) is 12.0. The zero-order valence-corrected chi connectivity index (χ0v) is 19.0. The Morgan fingerprint density at radius 3 is 2.50 bits per heavy atom. The maximum atomic E-state index is 12.6. The highest BCUT2D eigenvalue weighted by Crippen LogP contribution is 2.34. The standard InChI is InChI=1S/C21H29Cl2N3OS/c1-3-4-10-25-20(14-28-21(25)24-18-8-6-5-7-9-18)26(15(2)27)19-12-16(22)11-17(23)13-19/h11-13,18,20H,3-10,14H2,1-2H3. The minimum Gasteiger partial charge on any atom is -0.330 e. The molecule has 1 amide bonds. The van der Waals surface area contributed by atoms with Crippen LogP contribution in [0.2, 0.25) is 10.0 Å². The second kappa shape index (κ2) is 10.2. The third kappa shape index (κ3) is 5.37. The Morgan fingerprint density at radius 1 is 1.21 bits per heavy atom. The number of hydrogen-bond donors (Lipinski definition) is 0. The first-order chi connectivity index (χ1) is 13.5. The number of amidine groups is 1. The van der Waals surface area contributed by atoms with Crippen LogP contribution in [-0.4, -0.2) is 40.5 Å². The predicted molar refractivity (Wildman–Crippen MR) is 122 cm³/mol. The predicted octanol–water partition coefficient (Wildman–Crippen LogP) is 6.21. The van der Waals surface area contributed by atoms with Gasteiger partial charge in [-0.1, -0.05) is 67.6 Å². The molecular weight excluding hydrogens is 413 g/mol. The van der Waals surface area contributed by atoms with E-state index in [1.165, 1.54) is 32.1 Å². The number of hydrogen-bond acceptors (Lipinski definition) is 3. The molecule has 28 heavy (non-hydrogen) atoms. The molecule has 0 aromatic heterocycles. The van der Waals surface area contributed by atoms with Gasteiger partial charge in [-0.15, -0.1) is 0 Å². The maximum absolute atomic E-state index is 12.6. The maximum Gasteiger partial charge on any atom is 0.225 e. The number of aliphatic imine (C=N–C) groups is 1. The van der Waals surface area contributed by atoms with E-state index in [2.05, 4.69) is 11.8 Å². The van der Waals surface area contributed by atoms with Crippen molar-refractivity contribution in [3.05, 3.63) is 28.2 Å². The highest BCUT2D eigenvalue weighted by molar-refractivity contribution is 8.14. The summed E-state index contributed by atoms with van der Waals surface area (Å²) in [5, 5.41) is 2.16. The molecule has 1 saturated heterocycles. The summed E-state index contributed by atoms with van der Waals surface area (Å²) in [4.78, 5) is 21.9. The van der Waals surface area contributed by atoms with Crippen molar-refractivity contribution >= 4 is 51.7 Å². The molecule has 0 N–H and O–H groups in total. The van der Waals surface area contributed by atoms with Crippen LogP contribution in [0.5, 0.6) is 0 Å². The lowest BCUT2D eigenvalue weighted by Crippen LogP contribution is -2.50. The van der Waals surface area contributed by atoms with Gasteiger partial charge in [0.25, 0.3) is 0 Å². The van der Waals surface area contributed by atoms with Crippen molar-refractivity contribution in [1.82, 2.24) is 4.90 Å². The van der Waals surface area contributed by atoms with Crippen molar-refractivity contribution in [1.29, 1.82) is 0 Å². The smallest absolute Gasteiger partial charge is 0.225 e. The Balaban J connectivity index is 1.89. The molecule has 1 aromatic carbocycles. The fourth-order valence-corrected chi connectivity index (χ4v) is 5.70. The minimum absolute atomic E-state index is 0.00986. The van der Waals surface area contributed by atoms with E-state index in [0.29, 0.717) is 16.1 Å². The minimum atomic E-state index is -0.0640. The lowest BCUT2D eigenvalue weighted by molar-refractivity contribution is -0.117. The number of amides is 1. The Bertz CT molecular complexity index is 701. The van der Waals surface area contributed by atoms with Crippen LogP contribution in [-0.2, 0) is 4.79 Å². The van der Waals surface area contributed by atoms with Crippen molar-refractivity contribution in [3.8, 4) is 0 Å². The van der Waals surface area contributed by atoms with E-state index in [4.69, 9.17) is 28.2 Å². The van der Waals surface area contributed by atoms with Gasteiger partial charge in [0.05, 0.1) is 6.04 Å². The van der Waals surface area contributed by atoms with Gasteiger partial charge >= 0.3 is 0 Å². The summed E-state index contributed by atoms with van der Waals surface area (Å²) in [6, 6.07) is 5.74. The van der Waals surface area contributed by atoms with E-state index in [1.54, 1.807) is 24.8 Å². The summed E-state index contributed by atoms with van der Waals surface area (Å²) in [6.45, 7) is 4.70. The molecule has 1 aliphatic heterocycles. The van der Waals surface area contributed by atoms with Gasteiger partial charge < -0.3 is 4.90 Å². The molecule has 1 heterocycles. The van der Waals surface area contributed by atoms with Gasteiger partial charge in [0.2, 0.25) is 5.91 Å². The Kier molecular flexibility index (Phi) is 7.95. The summed E-state index contributed by atoms with van der Waals surface area (Å²) in [7, 11) is 0. The first kappa shape index (κ1) is 21.8. The second-order valence-corrected chi connectivity index (χ2v) is 9.42. The van der Waals surface area contributed by atoms with Gasteiger partial charge in [-0.05, 0) is 37.5 Å². The molecule has 1 unspecified atom stereocenters. The number of anilines is 1. The zero-order valence-electron chi connectivity index (χ0n) is 16.7.